The van der Waals surface area contributed by atoms with E-state index in [1.165, 1.54) is 6.20 Å². The van der Waals surface area contributed by atoms with E-state index in [2.05, 4.69) is 20.9 Å². The van der Waals surface area contributed by atoms with Crippen LogP contribution in [0.3, 0.4) is 0 Å². The molecule has 1 aromatic heterocycles. The minimum Gasteiger partial charge on any atom is -0.480 e. The fourth-order valence-electron chi connectivity index (χ4n) is 2.09. The van der Waals surface area contributed by atoms with Crippen molar-refractivity contribution in [1.82, 2.24) is 9.88 Å². The van der Waals surface area contributed by atoms with Crippen molar-refractivity contribution in [2.45, 2.75) is 25.4 Å². The fourth-order valence-corrected chi connectivity index (χ4v) is 2.46. The summed E-state index contributed by atoms with van der Waals surface area (Å²) in [6.07, 6.45) is 2.97. The van der Waals surface area contributed by atoms with Crippen molar-refractivity contribution >= 4 is 21.9 Å². The highest BCUT2D eigenvalue weighted by Gasteiger charge is 2.30. The number of nitrogens with zero attached hydrogens (tertiary/aromatic N) is 2. The molecule has 17 heavy (non-hydrogen) atoms. The van der Waals surface area contributed by atoms with E-state index in [0.717, 1.165) is 6.42 Å². The van der Waals surface area contributed by atoms with Crippen LogP contribution in [0, 0.1) is 5.82 Å². The molecule has 0 spiro atoms. The first-order chi connectivity index (χ1) is 8.09. The highest BCUT2D eigenvalue weighted by atomic mass is 79.9. The number of aliphatic carboxylic acids is 1. The minimum absolute atomic E-state index is 0.168. The zero-order chi connectivity index (χ0) is 12.4. The number of hydrogen-bond acceptors (Lipinski definition) is 3. The zero-order valence-corrected chi connectivity index (χ0v) is 10.7. The molecule has 2 rings (SSSR count). The third-order valence-corrected chi connectivity index (χ3v) is 3.50. The van der Waals surface area contributed by atoms with Gasteiger partial charge < -0.3 is 5.11 Å². The highest BCUT2D eigenvalue weighted by molar-refractivity contribution is 9.10. The molecular formula is C11H12BrFN2O2. The Bertz CT molecular complexity index is 441. The zero-order valence-electron chi connectivity index (χ0n) is 9.07. The van der Waals surface area contributed by atoms with Crippen LogP contribution in [0.2, 0.25) is 0 Å². The van der Waals surface area contributed by atoms with Crippen LogP contribution in [0.4, 0.5) is 4.39 Å². The first-order valence-electron chi connectivity index (χ1n) is 5.35. The van der Waals surface area contributed by atoms with Crippen LogP contribution < -0.4 is 0 Å². The van der Waals surface area contributed by atoms with Gasteiger partial charge >= 0.3 is 5.97 Å². The van der Waals surface area contributed by atoms with E-state index >= 15 is 0 Å². The van der Waals surface area contributed by atoms with E-state index in [-0.39, 0.29) is 4.60 Å². The number of pyridine rings is 1. The lowest BCUT2D eigenvalue weighted by molar-refractivity contribution is -0.142. The maximum Gasteiger partial charge on any atom is 0.320 e. The Morgan fingerprint density at radius 3 is 3.18 bits per heavy atom. The van der Waals surface area contributed by atoms with E-state index in [4.69, 9.17) is 5.11 Å². The molecule has 0 radical (unpaired) electrons. The van der Waals surface area contributed by atoms with Gasteiger partial charge in [0.15, 0.2) is 5.82 Å². The van der Waals surface area contributed by atoms with Crippen LogP contribution in [-0.2, 0) is 11.3 Å². The van der Waals surface area contributed by atoms with Crippen molar-refractivity contribution in [3.05, 3.63) is 28.2 Å². The van der Waals surface area contributed by atoms with Crippen molar-refractivity contribution in [2.75, 3.05) is 6.54 Å². The summed E-state index contributed by atoms with van der Waals surface area (Å²) < 4.78 is 13.9. The molecule has 0 unspecified atom stereocenters. The Hall–Kier alpha value is -1.01. The van der Waals surface area contributed by atoms with Crippen molar-refractivity contribution in [3.63, 3.8) is 0 Å². The molecule has 0 aliphatic carbocycles. The largest absolute Gasteiger partial charge is 0.480 e. The van der Waals surface area contributed by atoms with Crippen LogP contribution in [0.5, 0.6) is 0 Å². The molecule has 4 nitrogen and oxygen atoms in total. The van der Waals surface area contributed by atoms with Gasteiger partial charge in [-0.2, -0.15) is 0 Å². The first kappa shape index (κ1) is 12.4. The third-order valence-electron chi connectivity index (χ3n) is 2.95. The maximum atomic E-state index is 13.7. The number of hydrogen-bond donors (Lipinski definition) is 1. The van der Waals surface area contributed by atoms with Gasteiger partial charge in [-0.25, -0.2) is 9.37 Å². The summed E-state index contributed by atoms with van der Waals surface area (Å²) >= 11 is 3.02. The molecule has 2 heterocycles. The SMILES string of the molecule is O=C(O)[C@@H]1CCCN1Cc1ccnc(Br)c1F. The molecule has 1 aliphatic rings. The Kier molecular flexibility index (Phi) is 3.73. The number of carboxylic acid groups (broad SMARTS) is 1. The monoisotopic (exact) mass is 302 g/mol. The van der Waals surface area contributed by atoms with Gasteiger partial charge in [-0.1, -0.05) is 0 Å². The minimum atomic E-state index is -0.837. The van der Waals surface area contributed by atoms with Crippen molar-refractivity contribution in [3.8, 4) is 0 Å². The molecule has 0 aromatic carbocycles. The molecule has 92 valence electrons. The van der Waals surface area contributed by atoms with E-state index in [0.29, 0.717) is 25.1 Å². The second-order valence-electron chi connectivity index (χ2n) is 4.04. The summed E-state index contributed by atoms with van der Waals surface area (Å²) in [7, 11) is 0. The van der Waals surface area contributed by atoms with Gasteiger partial charge in [0.25, 0.3) is 0 Å². The second kappa shape index (κ2) is 5.10. The average molecular weight is 303 g/mol. The maximum absolute atomic E-state index is 13.7. The van der Waals surface area contributed by atoms with Crippen LogP contribution in [0.1, 0.15) is 18.4 Å². The van der Waals surface area contributed by atoms with Crippen molar-refractivity contribution in [2.24, 2.45) is 0 Å². The molecule has 0 saturated carbocycles. The quantitative estimate of drug-likeness (QED) is 0.868. The van der Waals surface area contributed by atoms with Gasteiger partial charge in [-0.05, 0) is 41.4 Å². The summed E-state index contributed by atoms with van der Waals surface area (Å²) in [4.78, 5) is 16.6. The van der Waals surface area contributed by atoms with Crippen LogP contribution >= 0.6 is 15.9 Å². The van der Waals surface area contributed by atoms with Gasteiger partial charge in [-0.15, -0.1) is 0 Å². The molecule has 0 bridgehead atoms. The number of rotatable bonds is 3. The molecule has 1 aromatic rings. The van der Waals surface area contributed by atoms with Gasteiger partial charge in [0.2, 0.25) is 0 Å². The van der Waals surface area contributed by atoms with Gasteiger partial charge in [0.05, 0.1) is 0 Å². The standard InChI is InChI=1S/C11H12BrFN2O2/c12-10-9(13)7(3-4-14-10)6-15-5-1-2-8(15)11(16)17/h3-4,8H,1-2,5-6H2,(H,16,17)/t8-/m0/s1. The first-order valence-corrected chi connectivity index (χ1v) is 6.14. The molecule has 1 saturated heterocycles. The second-order valence-corrected chi connectivity index (χ2v) is 4.79. The third kappa shape index (κ3) is 2.63. The van der Waals surface area contributed by atoms with Gasteiger partial charge in [-0.3, -0.25) is 9.69 Å². The number of likely N-dealkylation sites (tertiary alicyclic amines) is 1. The molecular weight excluding hydrogens is 291 g/mol. The fraction of sp³-hybridized carbons (Fsp3) is 0.455. The number of carboxylic acids is 1. The number of carbonyl (C=O) groups is 1. The summed E-state index contributed by atoms with van der Waals surface area (Å²) in [5.74, 6) is -1.25. The molecule has 1 fully saturated rings. The molecule has 1 aliphatic heterocycles. The molecule has 1 N–H and O–H groups in total. The summed E-state index contributed by atoms with van der Waals surface area (Å²) in [5, 5.41) is 9.03. The Morgan fingerprint density at radius 1 is 1.71 bits per heavy atom. The highest BCUT2D eigenvalue weighted by Crippen LogP contribution is 2.23. The molecule has 1 atom stereocenters. The topological polar surface area (TPSA) is 53.4 Å². The van der Waals surface area contributed by atoms with Crippen LogP contribution in [-0.4, -0.2) is 33.5 Å². The Balaban J connectivity index is 2.15. The smallest absolute Gasteiger partial charge is 0.320 e. The van der Waals surface area contributed by atoms with Crippen molar-refractivity contribution in [1.29, 1.82) is 0 Å². The summed E-state index contributed by atoms with van der Waals surface area (Å²) in [6, 6.07) is 1.08. The van der Waals surface area contributed by atoms with Gasteiger partial charge in [0.1, 0.15) is 10.6 Å². The average Bonchev–Trinajstić information content (AvgIpc) is 2.73. The van der Waals surface area contributed by atoms with Gasteiger partial charge in [0, 0.05) is 18.3 Å². The number of halogens is 2. The van der Waals surface area contributed by atoms with E-state index in [9.17, 15) is 9.18 Å². The Morgan fingerprint density at radius 2 is 2.47 bits per heavy atom. The molecule has 0 amide bonds. The van der Waals surface area contributed by atoms with E-state index in [1.807, 2.05) is 0 Å². The number of aromatic nitrogens is 1. The molecule has 6 heteroatoms. The van der Waals surface area contributed by atoms with E-state index in [1.54, 1.807) is 11.0 Å². The van der Waals surface area contributed by atoms with Crippen LogP contribution in [0.25, 0.3) is 0 Å². The van der Waals surface area contributed by atoms with Crippen molar-refractivity contribution < 1.29 is 14.3 Å². The lowest BCUT2D eigenvalue weighted by Crippen LogP contribution is -2.35. The predicted octanol–water partition coefficient (Wildman–Crippen LogP) is 2.03. The van der Waals surface area contributed by atoms with E-state index < -0.39 is 17.8 Å². The Labute approximate surface area is 107 Å². The summed E-state index contributed by atoms with van der Waals surface area (Å²) in [5.41, 5.74) is 0.472. The van der Waals surface area contributed by atoms with Crippen LogP contribution in [0.15, 0.2) is 16.9 Å². The summed E-state index contributed by atoms with van der Waals surface area (Å²) in [6.45, 7) is 1.00. The lowest BCUT2D eigenvalue weighted by atomic mass is 10.2. The predicted molar refractivity (Wildman–Crippen MR) is 63.0 cm³/mol. The lowest BCUT2D eigenvalue weighted by Gasteiger charge is -2.21. The normalized spacial score (nSPS) is 20.7.